The fourth-order valence-corrected chi connectivity index (χ4v) is 3.69. The smallest absolute Gasteiger partial charge is 0.254 e. The van der Waals surface area contributed by atoms with E-state index in [2.05, 4.69) is 24.3 Å². The fraction of sp³-hybridized carbons (Fsp3) is 0.217. The Balaban J connectivity index is 1.78. The van der Waals surface area contributed by atoms with Crippen molar-refractivity contribution in [1.29, 1.82) is 5.26 Å². The second kappa shape index (κ2) is 6.77. The highest BCUT2D eigenvalue weighted by Gasteiger charge is 2.31. The average molecular weight is 356 g/mol. The van der Waals surface area contributed by atoms with Crippen molar-refractivity contribution in [2.75, 3.05) is 20.2 Å². The van der Waals surface area contributed by atoms with Gasteiger partial charge in [-0.2, -0.15) is 5.26 Å². The Kier molecular flexibility index (Phi) is 4.29. The first-order chi connectivity index (χ1) is 13.1. The van der Waals surface area contributed by atoms with Gasteiger partial charge in [0, 0.05) is 18.7 Å². The van der Waals surface area contributed by atoms with E-state index < -0.39 is 0 Å². The number of amides is 1. The van der Waals surface area contributed by atoms with Crippen molar-refractivity contribution in [3.05, 3.63) is 65.7 Å². The number of hydrogen-bond acceptors (Lipinski definition) is 3. The molecule has 1 saturated heterocycles. The Morgan fingerprint density at radius 3 is 2.56 bits per heavy atom. The first-order valence-corrected chi connectivity index (χ1v) is 8.98. The van der Waals surface area contributed by atoms with Gasteiger partial charge in [0.15, 0.2) is 0 Å². The second-order valence-corrected chi connectivity index (χ2v) is 6.93. The zero-order valence-corrected chi connectivity index (χ0v) is 15.4. The Bertz CT molecular complexity index is 1080. The molecule has 1 aliphatic rings. The third-order valence-electron chi connectivity index (χ3n) is 5.21. The monoisotopic (exact) mass is 356 g/mol. The molecule has 27 heavy (non-hydrogen) atoms. The van der Waals surface area contributed by atoms with Gasteiger partial charge in [0.05, 0.1) is 19.1 Å². The Morgan fingerprint density at radius 1 is 1.11 bits per heavy atom. The molecule has 0 aromatic heterocycles. The van der Waals surface area contributed by atoms with E-state index in [0.717, 1.165) is 33.2 Å². The summed E-state index contributed by atoms with van der Waals surface area (Å²) >= 11 is 0. The molecule has 1 heterocycles. The van der Waals surface area contributed by atoms with Gasteiger partial charge in [0.2, 0.25) is 0 Å². The van der Waals surface area contributed by atoms with Crippen LogP contribution in [-0.2, 0) is 0 Å². The molecule has 0 unspecified atom stereocenters. The van der Waals surface area contributed by atoms with Gasteiger partial charge in [-0.05, 0) is 52.6 Å². The first-order valence-electron chi connectivity index (χ1n) is 8.98. The number of aryl methyl sites for hydroxylation is 1. The normalized spacial score (nSPS) is 13.9. The molecule has 0 spiro atoms. The van der Waals surface area contributed by atoms with Crippen LogP contribution >= 0.6 is 0 Å². The number of fused-ring (bicyclic) bond motifs is 1. The third-order valence-corrected chi connectivity index (χ3v) is 5.21. The summed E-state index contributed by atoms with van der Waals surface area (Å²) in [4.78, 5) is 14.6. The molecule has 1 aliphatic heterocycles. The summed E-state index contributed by atoms with van der Waals surface area (Å²) in [6.45, 7) is 3.06. The number of carbonyl (C=O) groups excluding carboxylic acids is 1. The summed E-state index contributed by atoms with van der Waals surface area (Å²) in [6.07, 6.45) is 0. The van der Waals surface area contributed by atoms with E-state index in [1.807, 2.05) is 43.3 Å². The largest absolute Gasteiger partial charge is 0.496 e. The fourth-order valence-electron chi connectivity index (χ4n) is 3.69. The summed E-state index contributed by atoms with van der Waals surface area (Å²) in [6, 6.07) is 20.2. The van der Waals surface area contributed by atoms with Crippen LogP contribution in [-0.4, -0.2) is 31.0 Å². The molecule has 0 N–H and O–H groups in total. The molecule has 0 saturated carbocycles. The SMILES string of the molecule is COc1ccc(-c2cccc3c(C(=O)N4CC(C#N)C4)cccc23)cc1C. The number of methoxy groups -OCH3 is 1. The summed E-state index contributed by atoms with van der Waals surface area (Å²) < 4.78 is 5.36. The van der Waals surface area contributed by atoms with E-state index in [-0.39, 0.29) is 11.8 Å². The van der Waals surface area contributed by atoms with Crippen LogP contribution in [0.1, 0.15) is 15.9 Å². The number of hydrogen-bond donors (Lipinski definition) is 0. The molecular weight excluding hydrogens is 336 g/mol. The van der Waals surface area contributed by atoms with Gasteiger partial charge in [0.1, 0.15) is 5.75 Å². The maximum atomic E-state index is 12.9. The maximum absolute atomic E-state index is 12.9. The van der Waals surface area contributed by atoms with Crippen LogP contribution in [0, 0.1) is 24.2 Å². The summed E-state index contributed by atoms with van der Waals surface area (Å²) in [7, 11) is 1.67. The van der Waals surface area contributed by atoms with Crippen molar-refractivity contribution in [2.24, 2.45) is 5.92 Å². The number of benzene rings is 3. The lowest BCUT2D eigenvalue weighted by molar-refractivity contribution is 0.0579. The Morgan fingerprint density at radius 2 is 1.85 bits per heavy atom. The molecule has 4 nitrogen and oxygen atoms in total. The van der Waals surface area contributed by atoms with Gasteiger partial charge in [-0.15, -0.1) is 0 Å². The van der Waals surface area contributed by atoms with Crippen molar-refractivity contribution >= 4 is 16.7 Å². The predicted molar refractivity (Wildman–Crippen MR) is 106 cm³/mol. The minimum atomic E-state index is -0.0400. The molecule has 134 valence electrons. The second-order valence-electron chi connectivity index (χ2n) is 6.93. The van der Waals surface area contributed by atoms with Crippen LogP contribution in [0.3, 0.4) is 0 Å². The van der Waals surface area contributed by atoms with E-state index in [9.17, 15) is 4.79 Å². The summed E-state index contributed by atoms with van der Waals surface area (Å²) in [5.74, 6) is 0.816. The molecule has 1 fully saturated rings. The molecule has 3 aromatic rings. The number of nitriles is 1. The van der Waals surface area contributed by atoms with E-state index in [0.29, 0.717) is 18.7 Å². The molecule has 1 amide bonds. The summed E-state index contributed by atoms with van der Waals surface area (Å²) in [5.41, 5.74) is 3.95. The Hall–Kier alpha value is -3.32. The van der Waals surface area contributed by atoms with E-state index in [1.54, 1.807) is 12.0 Å². The van der Waals surface area contributed by atoms with Crippen molar-refractivity contribution in [3.8, 4) is 22.9 Å². The zero-order valence-electron chi connectivity index (χ0n) is 15.4. The van der Waals surface area contributed by atoms with Crippen LogP contribution in [0.2, 0.25) is 0 Å². The minimum Gasteiger partial charge on any atom is -0.496 e. The van der Waals surface area contributed by atoms with E-state index in [1.165, 1.54) is 0 Å². The van der Waals surface area contributed by atoms with Gasteiger partial charge in [-0.3, -0.25) is 4.79 Å². The lowest BCUT2D eigenvalue weighted by Gasteiger charge is -2.35. The standard InChI is InChI=1S/C23H20N2O2/c1-15-11-17(9-10-22(15)27-2)18-5-3-7-20-19(18)6-4-8-21(20)23(26)25-13-16(12-24)14-25/h3-11,16H,13-14H2,1-2H3. The van der Waals surface area contributed by atoms with Crippen molar-refractivity contribution < 1.29 is 9.53 Å². The van der Waals surface area contributed by atoms with Crippen LogP contribution < -0.4 is 4.74 Å². The van der Waals surface area contributed by atoms with Crippen molar-refractivity contribution in [3.63, 3.8) is 0 Å². The van der Waals surface area contributed by atoms with Crippen LogP contribution in [0.5, 0.6) is 5.75 Å². The Labute approximate surface area is 158 Å². The highest BCUT2D eigenvalue weighted by Crippen LogP contribution is 2.33. The number of carbonyl (C=O) groups is 1. The zero-order chi connectivity index (χ0) is 19.0. The number of nitrogens with zero attached hydrogens (tertiary/aromatic N) is 2. The molecule has 3 aromatic carbocycles. The molecule has 0 aliphatic carbocycles. The topological polar surface area (TPSA) is 53.3 Å². The van der Waals surface area contributed by atoms with Crippen LogP contribution in [0.25, 0.3) is 21.9 Å². The van der Waals surface area contributed by atoms with Crippen LogP contribution in [0.15, 0.2) is 54.6 Å². The van der Waals surface area contributed by atoms with Crippen molar-refractivity contribution in [1.82, 2.24) is 4.90 Å². The summed E-state index contributed by atoms with van der Waals surface area (Å²) in [5, 5.41) is 10.9. The molecule has 0 radical (unpaired) electrons. The third kappa shape index (κ3) is 2.92. The maximum Gasteiger partial charge on any atom is 0.254 e. The van der Waals surface area contributed by atoms with E-state index in [4.69, 9.17) is 10.00 Å². The molecule has 4 rings (SSSR count). The lowest BCUT2D eigenvalue weighted by atomic mass is 9.93. The average Bonchev–Trinajstić information content (AvgIpc) is 2.66. The minimum absolute atomic E-state index is 0.00448. The first kappa shape index (κ1) is 17.1. The molecule has 0 atom stereocenters. The van der Waals surface area contributed by atoms with Crippen LogP contribution in [0.4, 0.5) is 0 Å². The quantitative estimate of drug-likeness (QED) is 0.698. The van der Waals surface area contributed by atoms with E-state index >= 15 is 0 Å². The molecule has 0 bridgehead atoms. The highest BCUT2D eigenvalue weighted by molar-refractivity contribution is 6.10. The van der Waals surface area contributed by atoms with Gasteiger partial charge in [-0.25, -0.2) is 0 Å². The molecular formula is C23H20N2O2. The van der Waals surface area contributed by atoms with Gasteiger partial charge >= 0.3 is 0 Å². The van der Waals surface area contributed by atoms with Gasteiger partial charge in [0.25, 0.3) is 5.91 Å². The number of likely N-dealkylation sites (tertiary alicyclic amines) is 1. The van der Waals surface area contributed by atoms with Gasteiger partial charge in [-0.1, -0.05) is 36.4 Å². The number of rotatable bonds is 3. The predicted octanol–water partition coefficient (Wildman–Crippen LogP) is 4.42. The van der Waals surface area contributed by atoms with Gasteiger partial charge < -0.3 is 9.64 Å². The number of ether oxygens (including phenoxy) is 1. The molecule has 4 heteroatoms. The highest BCUT2D eigenvalue weighted by atomic mass is 16.5. The van der Waals surface area contributed by atoms with Crippen molar-refractivity contribution in [2.45, 2.75) is 6.92 Å². The lowest BCUT2D eigenvalue weighted by Crippen LogP contribution is -2.49.